The predicted octanol–water partition coefficient (Wildman–Crippen LogP) is 2.57. The molecule has 0 radical (unpaired) electrons. The van der Waals surface area contributed by atoms with Crippen LogP contribution < -0.4 is 5.32 Å². The van der Waals surface area contributed by atoms with E-state index in [9.17, 15) is 14.3 Å². The van der Waals surface area contributed by atoms with E-state index in [1.54, 1.807) is 29.9 Å². The number of hydrogen-bond acceptors (Lipinski definition) is 7. The first kappa shape index (κ1) is 22.4. The van der Waals surface area contributed by atoms with Crippen LogP contribution >= 0.6 is 11.6 Å². The second-order valence-electron chi connectivity index (χ2n) is 7.57. The molecule has 0 aliphatic carbocycles. The molecule has 0 saturated carbocycles. The normalized spacial score (nSPS) is 12.4. The fourth-order valence-corrected chi connectivity index (χ4v) is 3.06. The van der Waals surface area contributed by atoms with Crippen molar-refractivity contribution in [3.63, 3.8) is 0 Å². The number of rotatable bonds is 7. The molecular formula is C20H20ClFN6O3. The number of carbonyl (C=O) groups excluding carboxylic acids is 1. The quantitative estimate of drug-likeness (QED) is 0.570. The zero-order valence-electron chi connectivity index (χ0n) is 17.1. The number of nitriles is 1. The summed E-state index contributed by atoms with van der Waals surface area (Å²) in [5.41, 5.74) is -0.548. The summed E-state index contributed by atoms with van der Waals surface area (Å²) in [6, 6.07) is 5.80. The molecule has 1 aromatic carbocycles. The number of hydrogen-bond donors (Lipinski definition) is 2. The van der Waals surface area contributed by atoms with Crippen molar-refractivity contribution in [2.45, 2.75) is 45.4 Å². The van der Waals surface area contributed by atoms with Crippen LogP contribution in [-0.2, 0) is 23.4 Å². The highest BCUT2D eigenvalue weighted by molar-refractivity contribution is 6.32. The maximum Gasteiger partial charge on any atom is 0.236 e. The summed E-state index contributed by atoms with van der Waals surface area (Å²) in [5, 5.41) is 29.6. The Morgan fingerprint density at radius 2 is 2.23 bits per heavy atom. The highest BCUT2D eigenvalue weighted by atomic mass is 35.5. The van der Waals surface area contributed by atoms with Gasteiger partial charge >= 0.3 is 0 Å². The Hall–Kier alpha value is -3.29. The van der Waals surface area contributed by atoms with Crippen molar-refractivity contribution in [2.75, 3.05) is 0 Å². The van der Waals surface area contributed by atoms with Gasteiger partial charge in [0.25, 0.3) is 0 Å². The number of aliphatic hydroxyl groups is 1. The topological polar surface area (TPSA) is 130 Å². The van der Waals surface area contributed by atoms with E-state index in [2.05, 4.69) is 20.6 Å². The van der Waals surface area contributed by atoms with Gasteiger partial charge in [0.1, 0.15) is 29.5 Å². The van der Waals surface area contributed by atoms with Gasteiger partial charge in [-0.25, -0.2) is 4.39 Å². The number of benzene rings is 1. The molecule has 0 bridgehead atoms. The fraction of sp³-hybridized carbons (Fsp3) is 0.350. The molecule has 2 aromatic heterocycles. The summed E-state index contributed by atoms with van der Waals surface area (Å²) in [4.78, 5) is 16.2. The van der Waals surface area contributed by atoms with Gasteiger partial charge in [-0.2, -0.15) is 15.3 Å². The van der Waals surface area contributed by atoms with Crippen LogP contribution in [0.4, 0.5) is 4.39 Å². The van der Waals surface area contributed by atoms with Crippen LogP contribution in [-0.4, -0.2) is 37.0 Å². The molecule has 0 aliphatic rings. The molecule has 0 saturated heterocycles. The Kier molecular flexibility index (Phi) is 6.38. The van der Waals surface area contributed by atoms with E-state index < -0.39 is 11.4 Å². The number of nitrogens with one attached hydrogen (secondary N) is 1. The van der Waals surface area contributed by atoms with Gasteiger partial charge in [0.15, 0.2) is 0 Å². The Bertz CT molecular complexity index is 1120. The Balaban J connectivity index is 1.60. The molecule has 162 valence electrons. The van der Waals surface area contributed by atoms with Crippen molar-refractivity contribution in [1.82, 2.24) is 25.2 Å². The summed E-state index contributed by atoms with van der Waals surface area (Å²) in [6.07, 6.45) is 1.57. The highest BCUT2D eigenvalue weighted by Gasteiger charge is 2.24. The maximum atomic E-state index is 14.0. The van der Waals surface area contributed by atoms with Crippen molar-refractivity contribution < 1.29 is 18.8 Å². The van der Waals surface area contributed by atoms with E-state index in [0.717, 1.165) is 0 Å². The largest absolute Gasteiger partial charge is 0.382 e. The van der Waals surface area contributed by atoms with Crippen LogP contribution in [0.25, 0.3) is 11.3 Å². The molecule has 0 spiro atoms. The molecule has 3 aromatic rings. The first-order valence-corrected chi connectivity index (χ1v) is 9.72. The maximum absolute atomic E-state index is 14.0. The minimum Gasteiger partial charge on any atom is -0.382 e. The molecule has 2 N–H and O–H groups in total. The number of nitrogens with zero attached hydrogens (tertiary/aromatic N) is 5. The van der Waals surface area contributed by atoms with E-state index in [-0.39, 0.29) is 40.7 Å². The SMILES string of the molecule is C[C@@H](Cn1ccc(-c2cc(F)c(C#N)c(Cl)c2)n1)NC(=O)Cc1nc(C(C)(C)O)no1. The number of halogens is 2. The zero-order valence-corrected chi connectivity index (χ0v) is 17.8. The first-order chi connectivity index (χ1) is 14.6. The Morgan fingerprint density at radius 1 is 1.48 bits per heavy atom. The second-order valence-corrected chi connectivity index (χ2v) is 7.97. The average Bonchev–Trinajstić information content (AvgIpc) is 3.30. The van der Waals surface area contributed by atoms with Crippen LogP contribution in [0, 0.1) is 17.1 Å². The molecule has 0 fully saturated rings. The summed E-state index contributed by atoms with van der Waals surface area (Å²) in [6.45, 7) is 5.19. The summed E-state index contributed by atoms with van der Waals surface area (Å²) >= 11 is 5.95. The van der Waals surface area contributed by atoms with Crippen LogP contribution in [0.1, 0.15) is 38.0 Å². The predicted molar refractivity (Wildman–Crippen MR) is 108 cm³/mol. The number of carbonyl (C=O) groups is 1. The lowest BCUT2D eigenvalue weighted by Gasteiger charge is -2.13. The lowest BCUT2D eigenvalue weighted by Crippen LogP contribution is -2.36. The molecule has 3 rings (SSSR count). The molecule has 2 heterocycles. The van der Waals surface area contributed by atoms with Gasteiger partial charge in [0, 0.05) is 17.8 Å². The molecule has 9 nitrogen and oxygen atoms in total. The van der Waals surface area contributed by atoms with Crippen molar-refractivity contribution in [3.05, 3.63) is 52.5 Å². The Labute approximate surface area is 182 Å². The minimum atomic E-state index is -1.26. The van der Waals surface area contributed by atoms with Crippen LogP contribution in [0.3, 0.4) is 0 Å². The molecule has 31 heavy (non-hydrogen) atoms. The smallest absolute Gasteiger partial charge is 0.236 e. The van der Waals surface area contributed by atoms with E-state index in [0.29, 0.717) is 17.8 Å². The minimum absolute atomic E-state index is 0.0152. The van der Waals surface area contributed by atoms with Gasteiger partial charge in [-0.15, -0.1) is 0 Å². The third kappa shape index (κ3) is 5.45. The van der Waals surface area contributed by atoms with Crippen LogP contribution in [0.15, 0.2) is 28.9 Å². The fourth-order valence-electron chi connectivity index (χ4n) is 2.81. The van der Waals surface area contributed by atoms with Crippen molar-refractivity contribution >= 4 is 17.5 Å². The number of aromatic nitrogens is 4. The summed E-state index contributed by atoms with van der Waals surface area (Å²) in [7, 11) is 0. The highest BCUT2D eigenvalue weighted by Crippen LogP contribution is 2.26. The van der Waals surface area contributed by atoms with Gasteiger partial charge in [0.2, 0.25) is 17.6 Å². The van der Waals surface area contributed by atoms with Gasteiger partial charge in [-0.1, -0.05) is 16.8 Å². The van der Waals surface area contributed by atoms with Crippen LogP contribution in [0.5, 0.6) is 0 Å². The monoisotopic (exact) mass is 446 g/mol. The van der Waals surface area contributed by atoms with Gasteiger partial charge in [-0.05, 0) is 39.0 Å². The molecular weight excluding hydrogens is 427 g/mol. The van der Waals surface area contributed by atoms with Crippen molar-refractivity contribution in [2.24, 2.45) is 0 Å². The lowest BCUT2D eigenvalue weighted by atomic mass is 10.1. The third-order valence-electron chi connectivity index (χ3n) is 4.29. The lowest BCUT2D eigenvalue weighted by molar-refractivity contribution is -0.121. The van der Waals surface area contributed by atoms with Crippen LogP contribution in [0.2, 0.25) is 5.02 Å². The van der Waals surface area contributed by atoms with Gasteiger partial charge in [-0.3, -0.25) is 9.48 Å². The van der Waals surface area contributed by atoms with E-state index in [4.69, 9.17) is 21.4 Å². The van der Waals surface area contributed by atoms with Crippen molar-refractivity contribution in [1.29, 1.82) is 5.26 Å². The molecule has 0 aliphatic heterocycles. The van der Waals surface area contributed by atoms with Gasteiger partial charge in [0.05, 0.1) is 17.3 Å². The van der Waals surface area contributed by atoms with E-state index >= 15 is 0 Å². The van der Waals surface area contributed by atoms with Gasteiger partial charge < -0.3 is 14.9 Å². The molecule has 1 atom stereocenters. The van der Waals surface area contributed by atoms with Crippen molar-refractivity contribution in [3.8, 4) is 17.3 Å². The summed E-state index contributed by atoms with van der Waals surface area (Å²) < 4.78 is 20.6. The van der Waals surface area contributed by atoms with E-state index in [1.807, 2.05) is 0 Å². The van der Waals surface area contributed by atoms with E-state index in [1.165, 1.54) is 26.0 Å². The molecule has 11 heteroatoms. The average molecular weight is 447 g/mol. The second kappa shape index (κ2) is 8.83. The molecule has 1 amide bonds. The third-order valence-corrected chi connectivity index (χ3v) is 4.58. The molecule has 0 unspecified atom stereocenters. The summed E-state index contributed by atoms with van der Waals surface area (Å²) in [5.74, 6) is -0.838. The zero-order chi connectivity index (χ0) is 22.8. The first-order valence-electron chi connectivity index (χ1n) is 9.34. The standard InChI is InChI=1S/C20H20ClFN6O3/c1-11(24-17(29)8-18-25-19(27-31-18)20(2,3)30)10-28-5-4-16(26-28)12-6-14(21)13(9-23)15(22)7-12/h4-7,11,30H,8,10H2,1-3H3,(H,24,29)/t11-/m0/s1. The number of amides is 1. The Morgan fingerprint density at radius 3 is 2.84 bits per heavy atom.